The molecule has 5 nitrogen and oxygen atoms in total. The van der Waals surface area contributed by atoms with E-state index in [9.17, 15) is 4.79 Å². The lowest BCUT2D eigenvalue weighted by molar-refractivity contribution is -0.118. The zero-order valence-corrected chi connectivity index (χ0v) is 8.78. The molecule has 1 rings (SSSR count). The summed E-state index contributed by atoms with van der Waals surface area (Å²) in [6.45, 7) is 1.67. The molecule has 0 aromatic heterocycles. The predicted octanol–water partition coefficient (Wildman–Crippen LogP) is 0.563. The lowest BCUT2D eigenvalue weighted by Gasteiger charge is -2.14. The number of methoxy groups -OCH3 is 1. The number of nitrogen functional groups attached to an aromatic ring is 1. The first-order chi connectivity index (χ1) is 7.04. The number of hydrogen-bond acceptors (Lipinski definition) is 4. The number of ether oxygens (including phenoxy) is 1. The maximum atomic E-state index is 10.9. The van der Waals surface area contributed by atoms with Gasteiger partial charge in [-0.2, -0.15) is 0 Å². The Morgan fingerprint density at radius 1 is 1.53 bits per heavy atom. The molecule has 1 atom stereocenters. The number of benzene rings is 1. The summed E-state index contributed by atoms with van der Waals surface area (Å²) >= 11 is 0. The Labute approximate surface area is 88.4 Å². The molecule has 0 heterocycles. The minimum absolute atomic E-state index is 0.433. The van der Waals surface area contributed by atoms with Crippen molar-refractivity contribution in [3.63, 3.8) is 0 Å². The molecule has 0 aliphatic carbocycles. The van der Waals surface area contributed by atoms with Gasteiger partial charge in [0, 0.05) is 6.07 Å². The molecular formula is C10H15N3O2. The number of rotatable bonds is 4. The van der Waals surface area contributed by atoms with Gasteiger partial charge in [0.1, 0.15) is 11.8 Å². The Morgan fingerprint density at radius 3 is 2.73 bits per heavy atom. The second-order valence-corrected chi connectivity index (χ2v) is 3.22. The topological polar surface area (TPSA) is 90.4 Å². The lowest BCUT2D eigenvalue weighted by Crippen LogP contribution is -2.32. The third kappa shape index (κ3) is 2.77. The Morgan fingerprint density at radius 2 is 2.20 bits per heavy atom. The second kappa shape index (κ2) is 4.54. The quantitative estimate of drug-likeness (QED) is 0.632. The van der Waals surface area contributed by atoms with Crippen molar-refractivity contribution in [2.75, 3.05) is 18.2 Å². The van der Waals surface area contributed by atoms with Crippen molar-refractivity contribution in [3.05, 3.63) is 18.2 Å². The molecule has 1 amide bonds. The zero-order chi connectivity index (χ0) is 11.4. The first kappa shape index (κ1) is 11.2. The van der Waals surface area contributed by atoms with Crippen LogP contribution in [0.15, 0.2) is 18.2 Å². The van der Waals surface area contributed by atoms with Crippen LogP contribution in [0.4, 0.5) is 11.4 Å². The summed E-state index contributed by atoms with van der Waals surface area (Å²) in [5.41, 5.74) is 12.0. The van der Waals surface area contributed by atoms with E-state index in [1.54, 1.807) is 32.2 Å². The molecule has 0 bridgehead atoms. The Bertz CT molecular complexity index is 366. The van der Waals surface area contributed by atoms with E-state index in [1.165, 1.54) is 0 Å². The molecule has 1 aromatic carbocycles. The smallest absolute Gasteiger partial charge is 0.239 e. The fourth-order valence-electron chi connectivity index (χ4n) is 1.09. The maximum Gasteiger partial charge on any atom is 0.239 e. The molecule has 0 aliphatic heterocycles. The first-order valence-electron chi connectivity index (χ1n) is 4.54. The SMILES string of the molecule is COc1ccc(N)c(NC(C)C(N)=O)c1. The van der Waals surface area contributed by atoms with Crippen molar-refractivity contribution in [1.29, 1.82) is 0 Å². The number of nitrogens with one attached hydrogen (secondary N) is 1. The summed E-state index contributed by atoms with van der Waals surface area (Å²) in [5, 5.41) is 2.90. The van der Waals surface area contributed by atoms with Crippen LogP contribution in [0.5, 0.6) is 5.75 Å². The van der Waals surface area contributed by atoms with Gasteiger partial charge in [-0.15, -0.1) is 0 Å². The molecule has 0 radical (unpaired) electrons. The van der Waals surface area contributed by atoms with Crippen LogP contribution in [-0.2, 0) is 4.79 Å². The highest BCUT2D eigenvalue weighted by atomic mass is 16.5. The van der Waals surface area contributed by atoms with Gasteiger partial charge in [-0.25, -0.2) is 0 Å². The van der Waals surface area contributed by atoms with E-state index >= 15 is 0 Å². The highest BCUT2D eigenvalue weighted by molar-refractivity contribution is 5.84. The summed E-state index contributed by atoms with van der Waals surface area (Å²) in [5.74, 6) is 0.237. The molecule has 5 N–H and O–H groups in total. The van der Waals surface area contributed by atoms with E-state index in [-0.39, 0.29) is 0 Å². The van der Waals surface area contributed by atoms with Crippen LogP contribution in [0, 0.1) is 0 Å². The Kier molecular flexibility index (Phi) is 3.38. The van der Waals surface area contributed by atoms with Gasteiger partial charge in [-0.1, -0.05) is 0 Å². The highest BCUT2D eigenvalue weighted by Gasteiger charge is 2.10. The number of anilines is 2. The van der Waals surface area contributed by atoms with Gasteiger partial charge in [-0.05, 0) is 19.1 Å². The first-order valence-corrected chi connectivity index (χ1v) is 4.54. The molecular weight excluding hydrogens is 194 g/mol. The molecule has 1 aromatic rings. The molecule has 0 spiro atoms. The van der Waals surface area contributed by atoms with E-state index in [2.05, 4.69) is 5.32 Å². The van der Waals surface area contributed by atoms with E-state index in [0.717, 1.165) is 0 Å². The van der Waals surface area contributed by atoms with Crippen LogP contribution in [0.1, 0.15) is 6.92 Å². The summed E-state index contributed by atoms with van der Waals surface area (Å²) in [6.07, 6.45) is 0. The van der Waals surface area contributed by atoms with Crippen molar-refractivity contribution < 1.29 is 9.53 Å². The fourth-order valence-corrected chi connectivity index (χ4v) is 1.09. The predicted molar refractivity (Wildman–Crippen MR) is 59.7 cm³/mol. The summed E-state index contributed by atoms with van der Waals surface area (Å²) in [4.78, 5) is 10.9. The third-order valence-corrected chi connectivity index (χ3v) is 2.06. The average molecular weight is 209 g/mol. The molecule has 1 unspecified atom stereocenters. The van der Waals surface area contributed by atoms with Gasteiger partial charge in [0.2, 0.25) is 5.91 Å². The minimum Gasteiger partial charge on any atom is -0.497 e. The zero-order valence-electron chi connectivity index (χ0n) is 8.78. The highest BCUT2D eigenvalue weighted by Crippen LogP contribution is 2.24. The molecule has 15 heavy (non-hydrogen) atoms. The van der Waals surface area contributed by atoms with E-state index in [4.69, 9.17) is 16.2 Å². The average Bonchev–Trinajstić information content (AvgIpc) is 2.21. The number of carbonyl (C=O) groups excluding carboxylic acids is 1. The van der Waals surface area contributed by atoms with Crippen LogP contribution < -0.4 is 21.5 Å². The molecule has 0 fully saturated rings. The monoisotopic (exact) mass is 209 g/mol. The standard InChI is InChI=1S/C10H15N3O2/c1-6(10(12)14)13-9-5-7(15-2)3-4-8(9)11/h3-6,13H,11H2,1-2H3,(H2,12,14). The molecule has 0 aliphatic rings. The van der Waals surface area contributed by atoms with Crippen LogP contribution in [0.3, 0.4) is 0 Å². The molecule has 0 saturated carbocycles. The van der Waals surface area contributed by atoms with Crippen molar-refractivity contribution in [2.24, 2.45) is 5.73 Å². The largest absolute Gasteiger partial charge is 0.497 e. The Hall–Kier alpha value is -1.91. The number of nitrogens with two attached hydrogens (primary N) is 2. The minimum atomic E-state index is -0.473. The van der Waals surface area contributed by atoms with Gasteiger partial charge in [0.05, 0.1) is 18.5 Å². The van der Waals surface area contributed by atoms with Gasteiger partial charge < -0.3 is 21.5 Å². The van der Waals surface area contributed by atoms with Gasteiger partial charge in [0.15, 0.2) is 0 Å². The van der Waals surface area contributed by atoms with Crippen molar-refractivity contribution >= 4 is 17.3 Å². The summed E-state index contributed by atoms with van der Waals surface area (Å²) in [7, 11) is 1.56. The van der Waals surface area contributed by atoms with Gasteiger partial charge in [0.25, 0.3) is 0 Å². The van der Waals surface area contributed by atoms with E-state index in [1.807, 2.05) is 0 Å². The summed E-state index contributed by atoms with van der Waals surface area (Å²) in [6, 6.07) is 4.69. The van der Waals surface area contributed by atoms with Crippen LogP contribution in [0.25, 0.3) is 0 Å². The summed E-state index contributed by atoms with van der Waals surface area (Å²) < 4.78 is 5.04. The maximum absolute atomic E-state index is 10.9. The fraction of sp³-hybridized carbons (Fsp3) is 0.300. The lowest BCUT2D eigenvalue weighted by atomic mass is 10.2. The van der Waals surface area contributed by atoms with Gasteiger partial charge in [-0.3, -0.25) is 4.79 Å². The normalized spacial score (nSPS) is 11.9. The van der Waals surface area contributed by atoms with Gasteiger partial charge >= 0.3 is 0 Å². The third-order valence-electron chi connectivity index (χ3n) is 2.06. The van der Waals surface area contributed by atoms with Crippen LogP contribution in [-0.4, -0.2) is 19.1 Å². The number of primary amides is 1. The number of amides is 1. The van der Waals surface area contributed by atoms with Crippen molar-refractivity contribution in [3.8, 4) is 5.75 Å². The van der Waals surface area contributed by atoms with Crippen molar-refractivity contribution in [1.82, 2.24) is 0 Å². The molecule has 82 valence electrons. The van der Waals surface area contributed by atoms with E-state index in [0.29, 0.717) is 17.1 Å². The second-order valence-electron chi connectivity index (χ2n) is 3.22. The molecule has 5 heteroatoms. The number of hydrogen-bond donors (Lipinski definition) is 3. The van der Waals surface area contributed by atoms with Crippen LogP contribution in [0.2, 0.25) is 0 Å². The Balaban J connectivity index is 2.88. The van der Waals surface area contributed by atoms with Crippen LogP contribution >= 0.6 is 0 Å². The molecule has 0 saturated heterocycles. The van der Waals surface area contributed by atoms with Crippen molar-refractivity contribution in [2.45, 2.75) is 13.0 Å². The number of carbonyl (C=O) groups is 1. The van der Waals surface area contributed by atoms with E-state index < -0.39 is 11.9 Å².